The molecule has 0 aliphatic carbocycles. The lowest BCUT2D eigenvalue weighted by Gasteiger charge is -2.15. The summed E-state index contributed by atoms with van der Waals surface area (Å²) in [6.45, 7) is 3.74. The van der Waals surface area contributed by atoms with Gasteiger partial charge in [0.05, 0.1) is 20.6 Å². The van der Waals surface area contributed by atoms with Gasteiger partial charge in [0.25, 0.3) is 5.91 Å². The molecule has 0 unspecified atom stereocenters. The Bertz CT molecular complexity index is 533. The highest BCUT2D eigenvalue weighted by molar-refractivity contribution is 5.97. The fraction of sp³-hybridized carbons (Fsp3) is 0.400. The van der Waals surface area contributed by atoms with Crippen molar-refractivity contribution in [2.24, 2.45) is 0 Å². The topological polar surface area (TPSA) is 81.7 Å². The van der Waals surface area contributed by atoms with Gasteiger partial charge < -0.3 is 14.8 Å². The molecule has 0 aliphatic heterocycles. The smallest absolute Gasteiger partial charge is 0.328 e. The maximum atomic E-state index is 12.2. The van der Waals surface area contributed by atoms with E-state index in [1.54, 1.807) is 12.1 Å². The Morgan fingerprint density at radius 1 is 1.05 bits per heavy atom. The lowest BCUT2D eigenvalue weighted by molar-refractivity contribution is -0.149. The van der Waals surface area contributed by atoms with E-state index in [0.29, 0.717) is 5.56 Å². The Kier molecular flexibility index (Phi) is 5.90. The van der Waals surface area contributed by atoms with Crippen molar-refractivity contribution < 1.29 is 23.9 Å². The van der Waals surface area contributed by atoms with Crippen LogP contribution in [-0.4, -0.2) is 38.1 Å². The zero-order chi connectivity index (χ0) is 16.0. The van der Waals surface area contributed by atoms with Crippen LogP contribution in [0.1, 0.15) is 27.9 Å². The van der Waals surface area contributed by atoms with E-state index in [0.717, 1.165) is 11.1 Å². The number of hydrogen-bond acceptors (Lipinski definition) is 5. The molecule has 1 rings (SSSR count). The molecular formula is C15H19NO5. The second-order valence-corrected chi connectivity index (χ2v) is 4.71. The number of rotatable bonds is 5. The molecule has 0 radical (unpaired) electrons. The van der Waals surface area contributed by atoms with Gasteiger partial charge in [-0.15, -0.1) is 0 Å². The Morgan fingerprint density at radius 3 is 2.10 bits per heavy atom. The number of methoxy groups -OCH3 is 2. The van der Waals surface area contributed by atoms with Crippen LogP contribution >= 0.6 is 0 Å². The summed E-state index contributed by atoms with van der Waals surface area (Å²) in [5, 5.41) is 2.49. The van der Waals surface area contributed by atoms with E-state index in [9.17, 15) is 14.4 Å². The molecule has 0 heterocycles. The Morgan fingerprint density at radius 2 is 1.62 bits per heavy atom. The normalized spacial score (nSPS) is 11.4. The van der Waals surface area contributed by atoms with Crippen LogP contribution in [0.5, 0.6) is 0 Å². The lowest BCUT2D eigenvalue weighted by Crippen LogP contribution is -2.43. The molecule has 1 atom stereocenters. The zero-order valence-electron chi connectivity index (χ0n) is 12.6. The molecule has 1 amide bonds. The summed E-state index contributed by atoms with van der Waals surface area (Å²) in [7, 11) is 2.40. The molecule has 1 N–H and O–H groups in total. The van der Waals surface area contributed by atoms with Crippen molar-refractivity contribution in [3.05, 3.63) is 34.9 Å². The number of carbonyl (C=O) groups is 3. The standard InChI is InChI=1S/C15H19NO5/c1-9-5-10(2)7-11(6-9)14(18)16-12(15(19)21-4)8-13(17)20-3/h5-7,12H,8H2,1-4H3,(H,16,18)/t12-/m1/s1. The molecular weight excluding hydrogens is 274 g/mol. The van der Waals surface area contributed by atoms with Gasteiger partial charge in [-0.2, -0.15) is 0 Å². The molecule has 0 spiro atoms. The third-order valence-electron chi connectivity index (χ3n) is 2.87. The first-order chi connectivity index (χ1) is 9.87. The monoisotopic (exact) mass is 293 g/mol. The summed E-state index contributed by atoms with van der Waals surface area (Å²) in [4.78, 5) is 35.1. The van der Waals surface area contributed by atoms with E-state index < -0.39 is 23.9 Å². The largest absolute Gasteiger partial charge is 0.469 e. The SMILES string of the molecule is COC(=O)C[C@@H](NC(=O)c1cc(C)cc(C)c1)C(=O)OC. The van der Waals surface area contributed by atoms with Crippen LogP contribution in [0.25, 0.3) is 0 Å². The van der Waals surface area contributed by atoms with E-state index >= 15 is 0 Å². The van der Waals surface area contributed by atoms with Crippen LogP contribution in [-0.2, 0) is 19.1 Å². The minimum atomic E-state index is -1.07. The zero-order valence-corrected chi connectivity index (χ0v) is 12.6. The van der Waals surface area contributed by atoms with Gasteiger partial charge in [-0.25, -0.2) is 4.79 Å². The number of aryl methyl sites for hydroxylation is 2. The first-order valence-corrected chi connectivity index (χ1v) is 6.41. The summed E-state index contributed by atoms with van der Waals surface area (Å²) in [6.07, 6.45) is -0.278. The number of hydrogen-bond donors (Lipinski definition) is 1. The van der Waals surface area contributed by atoms with E-state index in [1.807, 2.05) is 19.9 Å². The summed E-state index contributed by atoms with van der Waals surface area (Å²) in [5.41, 5.74) is 2.29. The van der Waals surface area contributed by atoms with E-state index in [4.69, 9.17) is 0 Å². The van der Waals surface area contributed by atoms with E-state index in [2.05, 4.69) is 14.8 Å². The number of ether oxygens (including phenoxy) is 2. The molecule has 21 heavy (non-hydrogen) atoms. The second kappa shape index (κ2) is 7.42. The Balaban J connectivity index is 2.89. The average molecular weight is 293 g/mol. The molecule has 0 saturated carbocycles. The minimum absolute atomic E-state index is 0.278. The van der Waals surface area contributed by atoms with Crippen molar-refractivity contribution in [3.8, 4) is 0 Å². The number of benzene rings is 1. The van der Waals surface area contributed by atoms with E-state index in [1.165, 1.54) is 14.2 Å². The molecule has 6 heteroatoms. The lowest BCUT2D eigenvalue weighted by atomic mass is 10.1. The Labute approximate surface area is 123 Å². The van der Waals surface area contributed by atoms with Gasteiger partial charge in [0.15, 0.2) is 0 Å². The summed E-state index contributed by atoms with van der Waals surface area (Å²) in [5.74, 6) is -1.75. The van der Waals surface area contributed by atoms with Crippen molar-refractivity contribution >= 4 is 17.8 Å². The van der Waals surface area contributed by atoms with Gasteiger partial charge >= 0.3 is 11.9 Å². The molecule has 114 valence electrons. The Hall–Kier alpha value is -2.37. The molecule has 0 saturated heterocycles. The van der Waals surface area contributed by atoms with Crippen LogP contribution < -0.4 is 5.32 Å². The maximum Gasteiger partial charge on any atom is 0.328 e. The molecule has 0 aliphatic rings. The van der Waals surface area contributed by atoms with Gasteiger partial charge in [0, 0.05) is 5.56 Å². The predicted molar refractivity (Wildman–Crippen MR) is 75.8 cm³/mol. The van der Waals surface area contributed by atoms with Crippen molar-refractivity contribution in [2.75, 3.05) is 14.2 Å². The fourth-order valence-electron chi connectivity index (χ4n) is 1.93. The molecule has 1 aromatic rings. The number of amides is 1. The predicted octanol–water partition coefficient (Wildman–Crippen LogP) is 1.14. The first-order valence-electron chi connectivity index (χ1n) is 6.41. The van der Waals surface area contributed by atoms with Crippen molar-refractivity contribution in [1.82, 2.24) is 5.32 Å². The van der Waals surface area contributed by atoms with Crippen LogP contribution in [0.4, 0.5) is 0 Å². The molecule has 0 aromatic heterocycles. The maximum absolute atomic E-state index is 12.2. The first kappa shape index (κ1) is 16.7. The summed E-state index contributed by atoms with van der Waals surface area (Å²) in [6, 6.07) is 4.27. The van der Waals surface area contributed by atoms with Gasteiger partial charge in [-0.05, 0) is 26.0 Å². The van der Waals surface area contributed by atoms with Crippen molar-refractivity contribution in [3.63, 3.8) is 0 Å². The van der Waals surface area contributed by atoms with Crippen LogP contribution in [0, 0.1) is 13.8 Å². The summed E-state index contributed by atoms with van der Waals surface area (Å²) < 4.78 is 9.08. The number of nitrogens with one attached hydrogen (secondary N) is 1. The van der Waals surface area contributed by atoms with Gasteiger partial charge in [0.1, 0.15) is 6.04 Å². The van der Waals surface area contributed by atoms with Crippen LogP contribution in [0.2, 0.25) is 0 Å². The quantitative estimate of drug-likeness (QED) is 0.823. The highest BCUT2D eigenvalue weighted by Crippen LogP contribution is 2.09. The highest BCUT2D eigenvalue weighted by Gasteiger charge is 2.25. The molecule has 6 nitrogen and oxygen atoms in total. The van der Waals surface area contributed by atoms with Crippen molar-refractivity contribution in [2.45, 2.75) is 26.3 Å². The third-order valence-corrected chi connectivity index (χ3v) is 2.87. The van der Waals surface area contributed by atoms with Crippen molar-refractivity contribution in [1.29, 1.82) is 0 Å². The second-order valence-electron chi connectivity index (χ2n) is 4.71. The van der Waals surface area contributed by atoms with Gasteiger partial charge in [-0.3, -0.25) is 9.59 Å². The summed E-state index contributed by atoms with van der Waals surface area (Å²) >= 11 is 0. The molecule has 0 fully saturated rings. The van der Waals surface area contributed by atoms with Gasteiger partial charge in [0.2, 0.25) is 0 Å². The van der Waals surface area contributed by atoms with Crippen LogP contribution in [0.3, 0.4) is 0 Å². The fourth-order valence-corrected chi connectivity index (χ4v) is 1.93. The third kappa shape index (κ3) is 4.91. The van der Waals surface area contributed by atoms with Gasteiger partial charge in [-0.1, -0.05) is 17.2 Å². The number of carbonyl (C=O) groups excluding carboxylic acids is 3. The van der Waals surface area contributed by atoms with E-state index in [-0.39, 0.29) is 6.42 Å². The number of esters is 2. The van der Waals surface area contributed by atoms with Crippen LogP contribution in [0.15, 0.2) is 18.2 Å². The molecule has 0 bridgehead atoms. The minimum Gasteiger partial charge on any atom is -0.469 e. The average Bonchev–Trinajstić information content (AvgIpc) is 2.44. The molecule has 1 aromatic carbocycles. The highest BCUT2D eigenvalue weighted by atomic mass is 16.5.